The summed E-state index contributed by atoms with van der Waals surface area (Å²) in [6, 6.07) is 22.3. The van der Waals surface area contributed by atoms with E-state index < -0.39 is 17.9 Å². The fraction of sp³-hybridized carbons (Fsp3) is 0.526. The number of hydroxylamine groups is 2. The van der Waals surface area contributed by atoms with Crippen LogP contribution in [0.2, 0.25) is 0 Å². The maximum atomic E-state index is 14.0. The number of H-pyrrole nitrogens is 1. The Bertz CT molecular complexity index is 3370. The first-order valence-corrected chi connectivity index (χ1v) is 34.8. The number of fused-ring (bicyclic) bond motifs is 3. The SMILES string of the molecule is CC(/C=C/C(=O)NO)=C\C(C)C(=O)c1ccc(N(C)C)cc1.CCC(=O)CCCCC[C@@H]1CC(=O)Cn2cc(nn2)[C@H](C(C)CC)CC(=O)[C@H](Cc2c[nH]c3ccccc23)NC1=O.CN(C)c1ccc(C(=O)CCCCCCCC(=O)CO)cc1.O=C(CO)CCCCCCC(=O)NO. The zero-order valence-electron chi connectivity index (χ0n) is 59.7. The van der Waals surface area contributed by atoms with E-state index in [1.54, 1.807) is 30.8 Å². The first kappa shape index (κ1) is 84.6. The molecule has 23 heteroatoms. The molecule has 0 aliphatic carbocycles. The van der Waals surface area contributed by atoms with Crippen molar-refractivity contribution < 1.29 is 68.6 Å². The Balaban J connectivity index is 0.000000374. The van der Waals surface area contributed by atoms with Gasteiger partial charge < -0.3 is 30.3 Å². The Kier molecular flexibility index (Phi) is 40.5. The maximum Gasteiger partial charge on any atom is 0.267 e. The van der Waals surface area contributed by atoms with Crippen LogP contribution in [0.4, 0.5) is 11.4 Å². The Morgan fingerprint density at radius 3 is 1.77 bits per heavy atom. The van der Waals surface area contributed by atoms with E-state index in [2.05, 4.69) is 34.5 Å². The molecule has 0 saturated carbocycles. The first-order valence-electron chi connectivity index (χ1n) is 34.8. The third-order valence-electron chi connectivity index (χ3n) is 17.4. The highest BCUT2D eigenvalue weighted by Gasteiger charge is 2.33. The van der Waals surface area contributed by atoms with Crippen LogP contribution in [-0.4, -0.2) is 146 Å². The molecule has 99 heavy (non-hydrogen) atoms. The molecule has 1 aliphatic rings. The average Bonchev–Trinajstić information content (AvgIpc) is 1.71. The van der Waals surface area contributed by atoms with Gasteiger partial charge >= 0.3 is 0 Å². The number of carbonyl (C=O) groups is 10. The number of aromatic amines is 1. The summed E-state index contributed by atoms with van der Waals surface area (Å²) in [5.74, 6) is -2.03. The lowest BCUT2D eigenvalue weighted by atomic mass is 9.83. The van der Waals surface area contributed by atoms with Crippen LogP contribution in [0.1, 0.15) is 214 Å². The zero-order valence-corrected chi connectivity index (χ0v) is 59.7. The molecule has 0 fully saturated rings. The number of nitrogens with zero attached hydrogens (tertiary/aromatic N) is 5. The van der Waals surface area contributed by atoms with E-state index in [0.717, 1.165) is 116 Å². The zero-order chi connectivity index (χ0) is 73.2. The van der Waals surface area contributed by atoms with Crippen LogP contribution in [0.15, 0.2) is 109 Å². The van der Waals surface area contributed by atoms with E-state index in [0.29, 0.717) is 69.0 Å². The monoisotopic (exact) mass is 1370 g/mol. The summed E-state index contributed by atoms with van der Waals surface area (Å²) in [7, 11) is 7.84. The predicted octanol–water partition coefficient (Wildman–Crippen LogP) is 11.3. The van der Waals surface area contributed by atoms with E-state index in [9.17, 15) is 47.9 Å². The normalized spacial score (nSPS) is 15.4. The second kappa shape index (κ2) is 47.4. The molecule has 2 unspecified atom stereocenters. The van der Waals surface area contributed by atoms with Crippen LogP contribution in [0.25, 0.3) is 10.9 Å². The van der Waals surface area contributed by atoms with Gasteiger partial charge in [-0.2, -0.15) is 0 Å². The Morgan fingerprint density at radius 2 is 1.21 bits per heavy atom. The lowest BCUT2D eigenvalue weighted by molar-refractivity contribution is -0.133. The summed E-state index contributed by atoms with van der Waals surface area (Å²) in [5.41, 5.74) is 10.0. The third kappa shape index (κ3) is 32.7. The van der Waals surface area contributed by atoms with Gasteiger partial charge in [-0.15, -0.1) is 5.10 Å². The molecule has 0 spiro atoms. The second-order valence-electron chi connectivity index (χ2n) is 25.8. The third-order valence-corrected chi connectivity index (χ3v) is 17.4. The minimum Gasteiger partial charge on any atom is -0.389 e. The van der Waals surface area contributed by atoms with Crippen molar-refractivity contribution in [2.45, 2.75) is 201 Å². The average molecular weight is 1370 g/mol. The van der Waals surface area contributed by atoms with Crippen LogP contribution in [0, 0.1) is 17.8 Å². The topological polar surface area (TPSA) is 341 Å². The first-order chi connectivity index (χ1) is 47.4. The van der Waals surface area contributed by atoms with Crippen molar-refractivity contribution in [3.63, 3.8) is 0 Å². The predicted molar refractivity (Wildman–Crippen MR) is 384 cm³/mol. The van der Waals surface area contributed by atoms with Gasteiger partial charge in [0.1, 0.15) is 25.5 Å². The van der Waals surface area contributed by atoms with E-state index in [1.165, 1.54) is 16.2 Å². The van der Waals surface area contributed by atoms with Crippen molar-refractivity contribution in [3.05, 3.63) is 131 Å². The summed E-state index contributed by atoms with van der Waals surface area (Å²) >= 11 is 0. The van der Waals surface area contributed by atoms with Gasteiger partial charge in [0.15, 0.2) is 34.7 Å². The fourth-order valence-electron chi connectivity index (χ4n) is 11.1. The number of anilines is 2. The molecule has 5 aromatic rings. The van der Waals surface area contributed by atoms with Crippen molar-refractivity contribution in [3.8, 4) is 0 Å². The van der Waals surface area contributed by atoms with Gasteiger partial charge in [-0.25, -0.2) is 15.6 Å². The van der Waals surface area contributed by atoms with Crippen molar-refractivity contribution in [1.29, 1.82) is 0 Å². The van der Waals surface area contributed by atoms with Crippen molar-refractivity contribution >= 4 is 80.5 Å². The molecule has 0 saturated heterocycles. The Hall–Kier alpha value is -8.64. The number of aliphatic hydroxyl groups is 2. The van der Waals surface area contributed by atoms with Crippen molar-refractivity contribution in [2.24, 2.45) is 17.8 Å². The minimum atomic E-state index is -0.733. The van der Waals surface area contributed by atoms with Crippen LogP contribution in [0.5, 0.6) is 0 Å². The number of hydrogen-bond acceptors (Lipinski definition) is 18. The van der Waals surface area contributed by atoms with Crippen LogP contribution < -0.4 is 26.1 Å². The van der Waals surface area contributed by atoms with Gasteiger partial charge in [0.05, 0.1) is 11.7 Å². The standard InChI is InChI=1S/C32H43N5O4.C18H27NO3.C17H22N2O3.C9H17NO4/c1-4-21(3)27-17-31(40)29(16-23-18-33-28-14-10-9-13-26(23)28)34-32(41)22(11-7-6-8-12-24(38)5-2)15-25(39)19-37-20-30(27)35-36-37;1-19(2)16-12-10-15(11-13-16)18(22)9-7-5-3-4-6-8-17(21)14-20;1-12(5-10-16(20)18-22)11-13(2)17(21)14-6-8-15(9-7-14)19(3)4;11-7-8(12)5-3-1-2-4-6-9(13)10-14/h9-10,13-14,18,20-22,27,29,33H,4-8,11-12,15-17,19H2,1-3H3,(H,34,41);10-13,20H,3-9,14H2,1-2H3;5-11,13,22H,1-4H3,(H,18,20);11,14H,1-7H2,(H,10,13)/b;;10-5+,12-11+;/t21?,22-,27+,29+;;;/m1.../s1. The molecule has 0 radical (unpaired) electrons. The number of amides is 3. The van der Waals surface area contributed by atoms with Gasteiger partial charge in [0.25, 0.3) is 5.91 Å². The molecule has 2 aromatic heterocycles. The molecule has 23 nitrogen and oxygen atoms in total. The second-order valence-corrected chi connectivity index (χ2v) is 25.8. The minimum absolute atomic E-state index is 0.0182. The molecule has 3 aromatic carbocycles. The van der Waals surface area contributed by atoms with Crippen LogP contribution in [-0.2, 0) is 51.3 Å². The van der Waals surface area contributed by atoms with E-state index in [-0.39, 0.29) is 103 Å². The molecule has 6 rings (SSSR count). The van der Waals surface area contributed by atoms with Gasteiger partial charge in [-0.3, -0.25) is 58.4 Å². The quantitative estimate of drug-likeness (QED) is 0.00461. The summed E-state index contributed by atoms with van der Waals surface area (Å²) in [6.45, 7) is 8.96. The Labute approximate surface area is 583 Å². The smallest absolute Gasteiger partial charge is 0.267 e. The number of aromatic nitrogens is 4. The molecule has 2 bridgehead atoms. The molecule has 542 valence electrons. The Morgan fingerprint density at radius 1 is 0.667 bits per heavy atom. The van der Waals surface area contributed by atoms with E-state index in [4.69, 9.17) is 20.6 Å². The number of para-hydroxylation sites is 1. The highest BCUT2D eigenvalue weighted by atomic mass is 16.5. The molecule has 3 heterocycles. The number of allylic oxidation sites excluding steroid dienone is 3. The van der Waals surface area contributed by atoms with Crippen molar-refractivity contribution in [1.82, 2.24) is 36.3 Å². The van der Waals surface area contributed by atoms with Gasteiger partial charge in [0, 0.05) is 156 Å². The molecule has 1 aliphatic heterocycles. The summed E-state index contributed by atoms with van der Waals surface area (Å²) in [4.78, 5) is 127. The van der Waals surface area contributed by atoms with Gasteiger partial charge in [-0.05, 0) is 112 Å². The highest BCUT2D eigenvalue weighted by Crippen LogP contribution is 2.31. The number of ketones is 7. The summed E-state index contributed by atoms with van der Waals surface area (Å²) in [5, 5.41) is 46.2. The number of unbranched alkanes of at least 4 members (excludes halogenated alkanes) is 9. The molecule has 3 amide bonds. The lowest BCUT2D eigenvalue weighted by Gasteiger charge is -2.25. The molecule has 8 N–H and O–H groups in total. The number of benzene rings is 3. The number of rotatable bonds is 36. The maximum absolute atomic E-state index is 14.0. The molecule has 5 atom stereocenters. The van der Waals surface area contributed by atoms with E-state index >= 15 is 0 Å². The summed E-state index contributed by atoms with van der Waals surface area (Å²) < 4.78 is 1.53. The number of Topliss-reactive ketones (excluding diaryl/α,β-unsaturated/α-hetero) is 7. The van der Waals surface area contributed by atoms with Gasteiger partial charge in [0.2, 0.25) is 11.8 Å². The molecular formula is C76H109N9O14. The number of aliphatic hydroxyl groups excluding tert-OH is 2. The van der Waals surface area contributed by atoms with Gasteiger partial charge in [-0.1, -0.05) is 120 Å². The summed E-state index contributed by atoms with van der Waals surface area (Å²) in [6.07, 6.45) is 23.3. The van der Waals surface area contributed by atoms with Crippen LogP contribution >= 0.6 is 0 Å². The number of nitrogens with one attached hydrogen (secondary N) is 4. The number of carbonyl (C=O) groups excluding carboxylic acids is 10. The lowest BCUT2D eigenvalue weighted by Crippen LogP contribution is -2.46. The number of hydrogen-bond donors (Lipinski definition) is 8. The largest absolute Gasteiger partial charge is 0.389 e. The molecular weight excluding hydrogens is 1260 g/mol. The van der Waals surface area contributed by atoms with Crippen molar-refractivity contribution in [2.75, 3.05) is 51.2 Å². The fourth-order valence-corrected chi connectivity index (χ4v) is 11.1. The highest BCUT2D eigenvalue weighted by molar-refractivity contribution is 5.99. The van der Waals surface area contributed by atoms with Crippen LogP contribution in [0.3, 0.4) is 0 Å². The van der Waals surface area contributed by atoms with E-state index in [1.807, 2.05) is 131 Å².